The molecule has 110 valence electrons. The molecule has 0 spiro atoms. The molecule has 0 bridgehead atoms. The second kappa shape index (κ2) is 6.41. The highest BCUT2D eigenvalue weighted by atomic mass is 32.2. The number of amidine groups is 1. The molecule has 1 heterocycles. The highest BCUT2D eigenvalue weighted by Crippen LogP contribution is 2.38. The first kappa shape index (κ1) is 14.3. The molecule has 0 amide bonds. The Morgan fingerprint density at radius 3 is 2.82 bits per heavy atom. The van der Waals surface area contributed by atoms with Gasteiger partial charge in [-0.2, -0.15) is 5.26 Å². The lowest BCUT2D eigenvalue weighted by Crippen LogP contribution is -2.12. The van der Waals surface area contributed by atoms with Gasteiger partial charge in [0, 0.05) is 5.56 Å². The standard InChI is InChI=1S/C16H13N3O2S/c1-22-16(18-10-17)19-12-6-7-13-11(8-12)9-20-14-4-2-3-5-15(14)21-13/h2-8H,9H2,1H3,(H,18,19). The van der Waals surface area contributed by atoms with Gasteiger partial charge in [0.05, 0.1) is 5.69 Å². The zero-order valence-corrected chi connectivity index (χ0v) is 12.7. The number of para-hydroxylation sites is 2. The first-order chi connectivity index (χ1) is 10.8. The molecule has 22 heavy (non-hydrogen) atoms. The third-order valence-electron chi connectivity index (χ3n) is 3.08. The van der Waals surface area contributed by atoms with Crippen LogP contribution in [-0.2, 0) is 6.61 Å². The molecule has 3 rings (SSSR count). The van der Waals surface area contributed by atoms with Crippen LogP contribution in [0, 0.1) is 11.5 Å². The van der Waals surface area contributed by atoms with Gasteiger partial charge >= 0.3 is 0 Å². The lowest BCUT2D eigenvalue weighted by Gasteiger charge is -2.07. The van der Waals surface area contributed by atoms with Gasteiger partial charge in [0.2, 0.25) is 0 Å². The molecule has 0 saturated heterocycles. The Hall–Kier alpha value is -2.65. The van der Waals surface area contributed by atoms with Crippen molar-refractivity contribution in [2.75, 3.05) is 6.26 Å². The van der Waals surface area contributed by atoms with E-state index in [0.29, 0.717) is 17.5 Å². The highest BCUT2D eigenvalue weighted by molar-refractivity contribution is 8.13. The molecule has 0 atom stereocenters. The molecule has 2 aromatic rings. The van der Waals surface area contributed by atoms with Crippen LogP contribution >= 0.6 is 11.8 Å². The molecule has 0 fully saturated rings. The van der Waals surface area contributed by atoms with Gasteiger partial charge in [-0.25, -0.2) is 4.99 Å². The molecule has 1 aliphatic rings. The predicted molar refractivity (Wildman–Crippen MR) is 86.6 cm³/mol. The number of nitriles is 1. The average molecular weight is 311 g/mol. The zero-order chi connectivity index (χ0) is 15.4. The molecule has 0 radical (unpaired) electrons. The summed E-state index contributed by atoms with van der Waals surface area (Å²) in [5.74, 6) is 2.18. The van der Waals surface area contributed by atoms with Gasteiger partial charge in [-0.1, -0.05) is 23.9 Å². The van der Waals surface area contributed by atoms with E-state index in [1.165, 1.54) is 11.8 Å². The van der Waals surface area contributed by atoms with E-state index < -0.39 is 0 Å². The van der Waals surface area contributed by atoms with Crippen LogP contribution in [0.3, 0.4) is 0 Å². The summed E-state index contributed by atoms with van der Waals surface area (Å²) in [6, 6.07) is 13.2. The fourth-order valence-electron chi connectivity index (χ4n) is 2.07. The third-order valence-corrected chi connectivity index (χ3v) is 3.66. The van der Waals surface area contributed by atoms with E-state index in [9.17, 15) is 0 Å². The Balaban J connectivity index is 1.91. The van der Waals surface area contributed by atoms with Crippen molar-refractivity contribution in [1.29, 1.82) is 5.26 Å². The topological polar surface area (TPSA) is 66.6 Å². The molecule has 0 saturated carbocycles. The largest absolute Gasteiger partial charge is 0.485 e. The summed E-state index contributed by atoms with van der Waals surface area (Å²) in [5.41, 5.74) is 1.65. The second-order valence-electron chi connectivity index (χ2n) is 4.49. The van der Waals surface area contributed by atoms with E-state index in [0.717, 1.165) is 22.7 Å². The minimum Gasteiger partial charge on any atom is -0.485 e. The maximum atomic E-state index is 8.68. The molecule has 0 unspecified atom stereocenters. The first-order valence-corrected chi connectivity index (χ1v) is 7.83. The summed E-state index contributed by atoms with van der Waals surface area (Å²) in [6.45, 7) is 0.413. The van der Waals surface area contributed by atoms with Crippen molar-refractivity contribution in [1.82, 2.24) is 5.32 Å². The lowest BCUT2D eigenvalue weighted by atomic mass is 10.2. The van der Waals surface area contributed by atoms with Gasteiger partial charge in [0.1, 0.15) is 12.4 Å². The van der Waals surface area contributed by atoms with E-state index in [1.807, 2.05) is 54.9 Å². The van der Waals surface area contributed by atoms with Gasteiger partial charge in [-0.05, 0) is 36.6 Å². The number of rotatable bonds is 1. The Bertz CT molecular complexity index is 768. The quantitative estimate of drug-likeness (QED) is 0.375. The van der Waals surface area contributed by atoms with Crippen LogP contribution in [0.4, 0.5) is 5.69 Å². The van der Waals surface area contributed by atoms with Crippen molar-refractivity contribution < 1.29 is 9.47 Å². The smallest absolute Gasteiger partial charge is 0.183 e. The van der Waals surface area contributed by atoms with Crippen molar-refractivity contribution in [3.8, 4) is 23.4 Å². The van der Waals surface area contributed by atoms with Crippen LogP contribution in [0.15, 0.2) is 47.5 Å². The summed E-state index contributed by atoms with van der Waals surface area (Å²) in [6.07, 6.45) is 3.73. The van der Waals surface area contributed by atoms with E-state index in [1.54, 1.807) is 0 Å². The van der Waals surface area contributed by atoms with E-state index in [4.69, 9.17) is 14.7 Å². The zero-order valence-electron chi connectivity index (χ0n) is 11.9. The number of benzene rings is 2. The molecule has 0 aromatic heterocycles. The Morgan fingerprint density at radius 2 is 2.05 bits per heavy atom. The van der Waals surface area contributed by atoms with Crippen LogP contribution in [0.5, 0.6) is 17.2 Å². The molecular formula is C16H13N3O2S. The summed E-state index contributed by atoms with van der Waals surface area (Å²) in [7, 11) is 0. The maximum Gasteiger partial charge on any atom is 0.183 e. The van der Waals surface area contributed by atoms with Crippen molar-refractivity contribution in [3.05, 3.63) is 48.0 Å². The normalized spacial score (nSPS) is 12.8. The fourth-order valence-corrected chi connectivity index (χ4v) is 2.41. The second-order valence-corrected chi connectivity index (χ2v) is 5.28. The van der Waals surface area contributed by atoms with Crippen LogP contribution in [-0.4, -0.2) is 11.4 Å². The maximum absolute atomic E-state index is 8.68. The molecule has 1 N–H and O–H groups in total. The van der Waals surface area contributed by atoms with Crippen molar-refractivity contribution >= 4 is 22.6 Å². The molecule has 5 nitrogen and oxygen atoms in total. The van der Waals surface area contributed by atoms with Gasteiger partial charge in [-0.15, -0.1) is 0 Å². The molecule has 1 aliphatic heterocycles. The van der Waals surface area contributed by atoms with Crippen LogP contribution in [0.1, 0.15) is 5.56 Å². The highest BCUT2D eigenvalue weighted by Gasteiger charge is 2.15. The molecule has 0 aliphatic carbocycles. The van der Waals surface area contributed by atoms with Gasteiger partial charge < -0.3 is 9.47 Å². The van der Waals surface area contributed by atoms with Crippen molar-refractivity contribution in [2.45, 2.75) is 6.61 Å². The number of hydrogen-bond donors (Lipinski definition) is 1. The number of nitrogens with one attached hydrogen (secondary N) is 1. The number of nitrogens with zero attached hydrogens (tertiary/aromatic N) is 2. The lowest BCUT2D eigenvalue weighted by molar-refractivity contribution is 0.307. The Labute approximate surface area is 132 Å². The fraction of sp³-hybridized carbons (Fsp3) is 0.125. The monoisotopic (exact) mass is 311 g/mol. The van der Waals surface area contributed by atoms with Crippen LogP contribution in [0.25, 0.3) is 0 Å². The molecule has 6 heteroatoms. The number of fused-ring (bicyclic) bond motifs is 2. The Kier molecular flexibility index (Phi) is 4.17. The van der Waals surface area contributed by atoms with E-state index in [-0.39, 0.29) is 0 Å². The summed E-state index contributed by atoms with van der Waals surface area (Å²) in [4.78, 5) is 4.39. The van der Waals surface area contributed by atoms with Gasteiger partial charge in [0.25, 0.3) is 0 Å². The van der Waals surface area contributed by atoms with Crippen molar-refractivity contribution in [3.63, 3.8) is 0 Å². The van der Waals surface area contributed by atoms with Crippen molar-refractivity contribution in [2.24, 2.45) is 4.99 Å². The van der Waals surface area contributed by atoms with Crippen LogP contribution < -0.4 is 14.8 Å². The van der Waals surface area contributed by atoms with Gasteiger partial charge in [0.15, 0.2) is 22.9 Å². The number of thioether (sulfide) groups is 1. The average Bonchev–Trinajstić information content (AvgIpc) is 2.73. The molecular weight excluding hydrogens is 298 g/mol. The number of aliphatic imine (C=N–C) groups is 1. The number of hydrogen-bond acceptors (Lipinski definition) is 5. The van der Waals surface area contributed by atoms with Crippen LogP contribution in [0.2, 0.25) is 0 Å². The predicted octanol–water partition coefficient (Wildman–Crippen LogP) is 3.79. The number of ether oxygens (including phenoxy) is 2. The summed E-state index contributed by atoms with van der Waals surface area (Å²) >= 11 is 1.37. The summed E-state index contributed by atoms with van der Waals surface area (Å²) < 4.78 is 11.7. The minimum absolute atomic E-state index is 0.413. The van der Waals surface area contributed by atoms with Gasteiger partial charge in [-0.3, -0.25) is 5.32 Å². The molecule has 2 aromatic carbocycles. The minimum atomic E-state index is 0.413. The first-order valence-electron chi connectivity index (χ1n) is 6.60. The van der Waals surface area contributed by atoms with E-state index >= 15 is 0 Å². The van der Waals surface area contributed by atoms with E-state index in [2.05, 4.69) is 10.3 Å². The third kappa shape index (κ3) is 3.00. The Morgan fingerprint density at radius 1 is 1.23 bits per heavy atom. The SMILES string of the molecule is CSC(=Nc1ccc2c(c1)COc1ccccc1O2)NC#N. The summed E-state index contributed by atoms with van der Waals surface area (Å²) in [5, 5.41) is 11.8.